The number of ether oxygens (including phenoxy) is 2. The highest BCUT2D eigenvalue weighted by molar-refractivity contribution is 6.34. The molecule has 1 amide bonds. The molecule has 0 bridgehead atoms. The smallest absolute Gasteiger partial charge is 0.414 e. The number of amides is 1. The van der Waals surface area contributed by atoms with Crippen molar-refractivity contribution in [2.75, 3.05) is 19.1 Å². The van der Waals surface area contributed by atoms with Crippen molar-refractivity contribution >= 4 is 29.4 Å². The van der Waals surface area contributed by atoms with Gasteiger partial charge in [0.05, 0.1) is 17.8 Å². The van der Waals surface area contributed by atoms with Crippen LogP contribution in [0.1, 0.15) is 31.1 Å². The maximum absolute atomic E-state index is 12.0. The molecule has 0 atom stereocenters. The first-order valence-electron chi connectivity index (χ1n) is 6.14. The van der Waals surface area contributed by atoms with E-state index in [9.17, 15) is 9.59 Å². The van der Waals surface area contributed by atoms with Gasteiger partial charge in [0.1, 0.15) is 16.9 Å². The van der Waals surface area contributed by atoms with E-state index in [4.69, 9.17) is 26.2 Å². The van der Waals surface area contributed by atoms with Gasteiger partial charge in [0.15, 0.2) is 0 Å². The molecule has 0 aliphatic carbocycles. The van der Waals surface area contributed by atoms with Gasteiger partial charge in [-0.15, -0.1) is 0 Å². The minimum Gasteiger partial charge on any atom is -0.496 e. The molecule has 0 unspecified atom stereocenters. The van der Waals surface area contributed by atoms with E-state index in [1.807, 2.05) is 0 Å². The van der Waals surface area contributed by atoms with Crippen LogP contribution < -0.4 is 9.64 Å². The standard InChI is InChI=1S/C14H18ClNO5/c1-14(2,3)21-13(19)16(4)10-7-11(20-5)8(12(17)18)6-9(10)15/h6-7H,1-5H3,(H,17,18). The third kappa shape index (κ3) is 4.26. The predicted molar refractivity (Wildman–Crippen MR) is 79.6 cm³/mol. The summed E-state index contributed by atoms with van der Waals surface area (Å²) in [5.41, 5.74) is -0.431. The second-order valence-corrected chi connectivity index (χ2v) is 5.76. The van der Waals surface area contributed by atoms with E-state index in [0.29, 0.717) is 5.69 Å². The van der Waals surface area contributed by atoms with Crippen LogP contribution in [-0.4, -0.2) is 36.9 Å². The first kappa shape index (κ1) is 17.1. The van der Waals surface area contributed by atoms with Crippen molar-refractivity contribution in [3.8, 4) is 5.75 Å². The maximum atomic E-state index is 12.0. The zero-order valence-corrected chi connectivity index (χ0v) is 13.3. The van der Waals surface area contributed by atoms with Crippen LogP contribution in [0.4, 0.5) is 10.5 Å². The normalized spacial score (nSPS) is 11.0. The van der Waals surface area contributed by atoms with Gasteiger partial charge in [0.25, 0.3) is 0 Å². The molecule has 1 N–H and O–H groups in total. The van der Waals surface area contributed by atoms with Crippen molar-refractivity contribution in [1.29, 1.82) is 0 Å². The summed E-state index contributed by atoms with van der Waals surface area (Å²) in [5.74, 6) is -1.06. The summed E-state index contributed by atoms with van der Waals surface area (Å²) in [6.45, 7) is 5.23. The number of hydrogen-bond acceptors (Lipinski definition) is 4. The first-order chi connectivity index (χ1) is 9.56. The monoisotopic (exact) mass is 315 g/mol. The zero-order valence-electron chi connectivity index (χ0n) is 12.6. The lowest BCUT2D eigenvalue weighted by atomic mass is 10.1. The van der Waals surface area contributed by atoms with Gasteiger partial charge in [-0.3, -0.25) is 4.90 Å². The summed E-state index contributed by atoms with van der Waals surface area (Å²) in [6.07, 6.45) is -0.602. The van der Waals surface area contributed by atoms with Crippen LogP contribution in [0, 0.1) is 0 Å². The highest BCUT2D eigenvalue weighted by Gasteiger charge is 2.24. The molecule has 0 spiro atoms. The van der Waals surface area contributed by atoms with Crippen LogP contribution in [0.5, 0.6) is 5.75 Å². The number of methoxy groups -OCH3 is 1. The van der Waals surface area contributed by atoms with E-state index in [-0.39, 0.29) is 16.3 Å². The predicted octanol–water partition coefficient (Wildman–Crippen LogP) is 3.42. The van der Waals surface area contributed by atoms with E-state index in [2.05, 4.69) is 0 Å². The number of halogens is 1. The molecule has 6 nitrogen and oxygen atoms in total. The number of carbonyl (C=O) groups is 2. The van der Waals surface area contributed by atoms with Gasteiger partial charge in [-0.25, -0.2) is 9.59 Å². The Balaban J connectivity index is 3.19. The van der Waals surface area contributed by atoms with Crippen molar-refractivity contribution < 1.29 is 24.2 Å². The van der Waals surface area contributed by atoms with E-state index in [1.165, 1.54) is 31.2 Å². The summed E-state index contributed by atoms with van der Waals surface area (Å²) in [4.78, 5) is 24.3. The Morgan fingerprint density at radius 3 is 2.29 bits per heavy atom. The molecule has 1 aromatic rings. The van der Waals surface area contributed by atoms with Gasteiger partial charge >= 0.3 is 12.1 Å². The highest BCUT2D eigenvalue weighted by Crippen LogP contribution is 2.33. The summed E-state index contributed by atoms with van der Waals surface area (Å²) in [7, 11) is 2.82. The van der Waals surface area contributed by atoms with Gasteiger partial charge in [-0.2, -0.15) is 0 Å². The van der Waals surface area contributed by atoms with E-state index in [1.54, 1.807) is 20.8 Å². The van der Waals surface area contributed by atoms with Crippen molar-refractivity contribution in [1.82, 2.24) is 0 Å². The zero-order chi connectivity index (χ0) is 16.4. The topological polar surface area (TPSA) is 76.1 Å². The molecule has 116 valence electrons. The van der Waals surface area contributed by atoms with Crippen LogP contribution in [0.3, 0.4) is 0 Å². The van der Waals surface area contributed by atoms with E-state index in [0.717, 1.165) is 0 Å². The molecular formula is C14H18ClNO5. The summed E-state index contributed by atoms with van der Waals surface area (Å²) >= 11 is 6.04. The molecule has 0 saturated carbocycles. The second-order valence-electron chi connectivity index (χ2n) is 5.35. The molecule has 1 rings (SSSR count). The third-order valence-electron chi connectivity index (χ3n) is 2.53. The molecule has 0 saturated heterocycles. The highest BCUT2D eigenvalue weighted by atomic mass is 35.5. The first-order valence-corrected chi connectivity index (χ1v) is 6.52. The van der Waals surface area contributed by atoms with Gasteiger partial charge in [0, 0.05) is 13.1 Å². The van der Waals surface area contributed by atoms with E-state index < -0.39 is 17.7 Å². The largest absolute Gasteiger partial charge is 0.496 e. The van der Waals surface area contributed by atoms with Crippen LogP contribution in [-0.2, 0) is 4.74 Å². The number of aromatic carboxylic acids is 1. The molecule has 7 heteroatoms. The minimum atomic E-state index is -1.17. The van der Waals surface area contributed by atoms with Crippen molar-refractivity contribution in [2.24, 2.45) is 0 Å². The van der Waals surface area contributed by atoms with Gasteiger partial charge in [0.2, 0.25) is 0 Å². The SMILES string of the molecule is COc1cc(N(C)C(=O)OC(C)(C)C)c(Cl)cc1C(=O)O. The number of anilines is 1. The Morgan fingerprint density at radius 2 is 1.86 bits per heavy atom. The second kappa shape index (κ2) is 6.22. The fourth-order valence-electron chi connectivity index (χ4n) is 1.56. The maximum Gasteiger partial charge on any atom is 0.414 e. The molecular weight excluding hydrogens is 298 g/mol. The lowest BCUT2D eigenvalue weighted by Gasteiger charge is -2.25. The van der Waals surface area contributed by atoms with E-state index >= 15 is 0 Å². The Labute approximate surface area is 128 Å². The quantitative estimate of drug-likeness (QED) is 0.925. The molecule has 1 aromatic carbocycles. The Morgan fingerprint density at radius 1 is 1.29 bits per heavy atom. The van der Waals surface area contributed by atoms with Crippen molar-refractivity contribution in [2.45, 2.75) is 26.4 Å². The van der Waals surface area contributed by atoms with Crippen LogP contribution >= 0.6 is 11.6 Å². The Kier molecular flexibility index (Phi) is 5.06. The molecule has 0 heterocycles. The van der Waals surface area contributed by atoms with Crippen molar-refractivity contribution in [3.63, 3.8) is 0 Å². The Bertz CT molecular complexity index is 565. The lowest BCUT2D eigenvalue weighted by Crippen LogP contribution is -2.34. The fourth-order valence-corrected chi connectivity index (χ4v) is 1.85. The Hall–Kier alpha value is -1.95. The molecule has 0 aliphatic rings. The molecule has 0 aliphatic heterocycles. The summed E-state index contributed by atoms with van der Waals surface area (Å²) in [5, 5.41) is 9.18. The minimum absolute atomic E-state index is 0.0798. The number of rotatable bonds is 3. The molecule has 0 fully saturated rings. The van der Waals surface area contributed by atoms with Gasteiger partial charge < -0.3 is 14.6 Å². The molecule has 21 heavy (non-hydrogen) atoms. The van der Waals surface area contributed by atoms with Crippen LogP contribution in [0.15, 0.2) is 12.1 Å². The number of nitrogens with zero attached hydrogens (tertiary/aromatic N) is 1. The van der Waals surface area contributed by atoms with Crippen LogP contribution in [0.25, 0.3) is 0 Å². The average Bonchev–Trinajstić information content (AvgIpc) is 2.35. The number of benzene rings is 1. The molecule has 0 radical (unpaired) electrons. The van der Waals surface area contributed by atoms with Crippen LogP contribution in [0.2, 0.25) is 5.02 Å². The fraction of sp³-hybridized carbons (Fsp3) is 0.429. The number of carboxylic acid groups (broad SMARTS) is 1. The number of hydrogen-bond donors (Lipinski definition) is 1. The van der Waals surface area contributed by atoms with Gasteiger partial charge in [-0.05, 0) is 26.8 Å². The summed E-state index contributed by atoms with van der Waals surface area (Å²) < 4.78 is 10.2. The van der Waals surface area contributed by atoms with Crippen molar-refractivity contribution in [3.05, 3.63) is 22.7 Å². The lowest BCUT2D eigenvalue weighted by molar-refractivity contribution is 0.0588. The number of carbonyl (C=O) groups excluding carboxylic acids is 1. The van der Waals surface area contributed by atoms with Gasteiger partial charge in [-0.1, -0.05) is 11.6 Å². The molecule has 0 aromatic heterocycles. The average molecular weight is 316 g/mol. The third-order valence-corrected chi connectivity index (χ3v) is 2.83. The number of carboxylic acids is 1. The summed E-state index contributed by atoms with van der Waals surface area (Å²) in [6, 6.07) is 2.62.